The third-order valence-electron chi connectivity index (χ3n) is 16.1. The maximum absolute atomic E-state index is 15.9. The molecule has 3 amide bonds. The number of alkyl halides is 1. The van der Waals surface area contributed by atoms with E-state index in [1.54, 1.807) is 23.6 Å². The van der Waals surface area contributed by atoms with Crippen LogP contribution in [0.15, 0.2) is 84.6 Å². The first kappa shape index (κ1) is 58.4. The molecule has 3 aromatic heterocycles. The number of rotatable bonds is 17. The fraction of sp³-hybridized carbons (Fsp3) is 0.448. The van der Waals surface area contributed by atoms with Crippen molar-refractivity contribution >= 4 is 67.5 Å². The number of piperazine rings is 1. The number of carbonyl (C=O) groups excluding carboxylic acids is 4. The van der Waals surface area contributed by atoms with Crippen LogP contribution in [-0.2, 0) is 31.1 Å². The lowest BCUT2D eigenvalue weighted by molar-refractivity contribution is -0.144. The highest BCUT2D eigenvalue weighted by Crippen LogP contribution is 2.33. The zero-order valence-corrected chi connectivity index (χ0v) is 47.7. The van der Waals surface area contributed by atoms with Crippen molar-refractivity contribution in [2.75, 3.05) is 81.6 Å². The van der Waals surface area contributed by atoms with Crippen molar-refractivity contribution in [3.63, 3.8) is 0 Å². The molecule has 10 rings (SSSR count). The Hall–Kier alpha value is -6.80. The number of aromatic nitrogens is 3. The summed E-state index contributed by atoms with van der Waals surface area (Å²) in [5.41, 5.74) is 4.97. The molecule has 0 unspecified atom stereocenters. The number of amides is 3. The van der Waals surface area contributed by atoms with E-state index in [0.29, 0.717) is 15.8 Å². The first-order valence-corrected chi connectivity index (χ1v) is 29.9. The molecular formula is C58H68F3N11O8S2. The van der Waals surface area contributed by atoms with Crippen LogP contribution >= 0.6 is 11.3 Å². The highest BCUT2D eigenvalue weighted by atomic mass is 32.2. The van der Waals surface area contributed by atoms with E-state index in [0.717, 1.165) is 104 Å². The van der Waals surface area contributed by atoms with Crippen LogP contribution in [0, 0.1) is 29.9 Å². The van der Waals surface area contributed by atoms with E-state index in [9.17, 15) is 42.2 Å². The number of aryl methyl sites for hydroxylation is 1. The molecule has 5 atom stereocenters. The Labute approximate surface area is 478 Å². The summed E-state index contributed by atoms with van der Waals surface area (Å²) in [6.45, 7) is 12.6. The number of piperidine rings is 1. The molecule has 4 aliphatic heterocycles. The van der Waals surface area contributed by atoms with E-state index < -0.39 is 93.8 Å². The number of hydrogen-bond donors (Lipinski definition) is 6. The number of likely N-dealkylation sites (tertiary alicyclic amines) is 2. The van der Waals surface area contributed by atoms with Crippen LogP contribution in [0.3, 0.4) is 0 Å². The van der Waals surface area contributed by atoms with Crippen molar-refractivity contribution in [1.29, 1.82) is 0 Å². The number of aromatic amines is 1. The number of anilines is 2. The number of nitrogens with one attached hydrogen (secondary N) is 4. The highest BCUT2D eigenvalue weighted by molar-refractivity contribution is 7.90. The van der Waals surface area contributed by atoms with E-state index in [-0.39, 0.29) is 54.5 Å². The fourth-order valence-electron chi connectivity index (χ4n) is 11.4. The molecule has 24 heteroatoms. The Morgan fingerprint density at radius 2 is 1.57 bits per heavy atom. The highest BCUT2D eigenvalue weighted by Gasteiger charge is 2.45. The summed E-state index contributed by atoms with van der Waals surface area (Å²) < 4.78 is 73.3. The molecular weight excluding hydrogens is 1100 g/mol. The quantitative estimate of drug-likeness (QED) is 0.0622. The average molecular weight is 1170 g/mol. The number of halogens is 3. The van der Waals surface area contributed by atoms with Crippen molar-refractivity contribution in [2.45, 2.75) is 84.0 Å². The Balaban J connectivity index is 0.679. The Morgan fingerprint density at radius 3 is 2.23 bits per heavy atom. The van der Waals surface area contributed by atoms with Crippen LogP contribution in [0.25, 0.3) is 32.6 Å². The smallest absolute Gasteiger partial charge is 0.301 e. The normalized spacial score (nSPS) is 21.0. The van der Waals surface area contributed by atoms with Crippen LogP contribution in [0.4, 0.5) is 24.5 Å². The van der Waals surface area contributed by atoms with E-state index in [1.165, 1.54) is 11.1 Å². The van der Waals surface area contributed by atoms with E-state index in [1.807, 2.05) is 86.5 Å². The molecule has 0 saturated carbocycles. The number of aliphatic hydroxyl groups excluding tert-OH is 2. The molecule has 3 aromatic carbocycles. The van der Waals surface area contributed by atoms with Gasteiger partial charge in [0.25, 0.3) is 0 Å². The summed E-state index contributed by atoms with van der Waals surface area (Å²) >= 11 is 1.57. The number of H-pyrrole nitrogens is 1. The minimum atomic E-state index is -4.57. The number of benzene rings is 3. The topological polar surface area (TPSA) is 237 Å². The van der Waals surface area contributed by atoms with Gasteiger partial charge in [0.15, 0.2) is 5.82 Å². The second-order valence-electron chi connectivity index (χ2n) is 22.9. The lowest BCUT2D eigenvalue weighted by Crippen LogP contribution is -2.59. The van der Waals surface area contributed by atoms with Crippen LogP contribution in [0.5, 0.6) is 0 Å². The van der Waals surface area contributed by atoms with Crippen molar-refractivity contribution in [3.05, 3.63) is 119 Å². The second-order valence-corrected chi connectivity index (χ2v) is 25.5. The molecule has 6 aromatic rings. The molecule has 0 bridgehead atoms. The van der Waals surface area contributed by atoms with Gasteiger partial charge in [-0.3, -0.25) is 33.7 Å². The largest absolute Gasteiger partial charge is 0.391 e. The number of pyridine rings is 1. The number of hydrogen-bond acceptors (Lipinski definition) is 14. The minimum Gasteiger partial charge on any atom is -0.391 e. The van der Waals surface area contributed by atoms with Gasteiger partial charge in [-0.25, -0.2) is 23.1 Å². The summed E-state index contributed by atoms with van der Waals surface area (Å²) in [6.07, 6.45) is 0.591. The molecule has 82 heavy (non-hydrogen) atoms. The molecule has 0 aliphatic carbocycles. The number of carbonyl (C=O) groups is 4. The predicted octanol–water partition coefficient (Wildman–Crippen LogP) is 5.49. The average Bonchev–Trinajstić information content (AvgIpc) is 4.18. The molecule has 4 aliphatic rings. The minimum absolute atomic E-state index is 0.00393. The molecule has 4 saturated heterocycles. The molecule has 6 N–H and O–H groups in total. The second kappa shape index (κ2) is 24.2. The van der Waals surface area contributed by atoms with Crippen molar-refractivity contribution in [1.82, 2.24) is 44.6 Å². The predicted molar refractivity (Wildman–Crippen MR) is 306 cm³/mol. The number of aliphatic hydroxyl groups is 2. The lowest BCUT2D eigenvalue weighted by Gasteiger charge is -2.40. The molecule has 7 heterocycles. The van der Waals surface area contributed by atoms with Gasteiger partial charge in [0, 0.05) is 99.9 Å². The van der Waals surface area contributed by atoms with Crippen molar-refractivity contribution in [3.8, 4) is 21.6 Å². The monoisotopic (exact) mass is 1170 g/mol. The molecule has 19 nitrogen and oxygen atoms in total. The van der Waals surface area contributed by atoms with Crippen LogP contribution < -0.4 is 20.3 Å². The number of thiazole rings is 1. The van der Waals surface area contributed by atoms with Gasteiger partial charge in [0.1, 0.15) is 35.8 Å². The van der Waals surface area contributed by atoms with Crippen LogP contribution in [0.2, 0.25) is 0 Å². The maximum atomic E-state index is 15.9. The van der Waals surface area contributed by atoms with Crippen LogP contribution in [0.1, 0.15) is 67.2 Å². The first-order valence-electron chi connectivity index (χ1n) is 27.5. The fourth-order valence-corrected chi connectivity index (χ4v) is 13.4. The molecule has 436 valence electrons. The third-order valence-corrected chi connectivity index (χ3v) is 18.5. The van der Waals surface area contributed by atoms with E-state index >= 15 is 8.78 Å². The van der Waals surface area contributed by atoms with Crippen molar-refractivity contribution in [2.24, 2.45) is 11.3 Å². The number of ketones is 1. The van der Waals surface area contributed by atoms with E-state index in [2.05, 4.69) is 40.3 Å². The van der Waals surface area contributed by atoms with Crippen molar-refractivity contribution < 1.29 is 51.0 Å². The number of fused-ring (bicyclic) bond motifs is 1. The molecule has 0 spiro atoms. The van der Waals surface area contributed by atoms with Gasteiger partial charge in [0.05, 0.1) is 40.0 Å². The summed E-state index contributed by atoms with van der Waals surface area (Å²) in [7, 11) is -4.57. The lowest BCUT2D eigenvalue weighted by atomic mass is 9.85. The Kier molecular flexibility index (Phi) is 17.2. The van der Waals surface area contributed by atoms with Gasteiger partial charge in [0.2, 0.25) is 23.5 Å². The van der Waals surface area contributed by atoms with Gasteiger partial charge in [-0.2, -0.15) is 12.7 Å². The summed E-state index contributed by atoms with van der Waals surface area (Å²) in [5.74, 6) is -4.30. The van der Waals surface area contributed by atoms with Gasteiger partial charge in [-0.1, -0.05) is 57.2 Å². The SMILES string of the molecule is Cc1ncsc1-c1ccc(CNC(=O)[C@@H]2C[C@@H](O)CN2C(=O)[C@@H](NC(=O)CN2CCC(CN3CCN(c4ccc(-c5cnc6[nH]cc(C(=O)c7c(F)ccc(NS(=O)(=O)N8C[C@H](O)[C@@H](F)C8)c7F)c6c5)cc4)CC3)CC2)C(C)(C)C)cc1. The standard InChI is InChI=1S/C58H68F3N11O8S2/c1-34-53(81-33-65-34)38-7-5-35(6-8-38)25-64-56(77)47-24-41(73)29-72(47)57(78)54(58(2,3)4)66-49(75)32-68-17-15-36(16-18-68)28-69-19-21-70(22-20-69)40-11-9-37(10-12-40)39-23-42-43(27-63-55(42)62-26-39)52(76)50-44(59)13-14-46(51(50)61)67-82(79,80)71-30-45(60)48(74)31-71/h5-14,23,26-27,33,36,41,45,47-48,54,67,73-74H,15-22,24-25,28-32H2,1-4H3,(H,62,63)(H,64,77)(H,66,75)/t41-,45+,47+,48+,54-/m1/s1. The number of β-amino-alcohol motifs (C(OH)–C–C–N with tert-alkyl or cyclic N) is 2. The summed E-state index contributed by atoms with van der Waals surface area (Å²) in [4.78, 5) is 76.4. The molecule has 0 radical (unpaired) electrons. The molecule has 4 fully saturated rings. The van der Waals surface area contributed by atoms with Gasteiger partial charge in [-0.05, 0) is 91.2 Å². The number of nitrogens with zero attached hydrogens (tertiary/aromatic N) is 7. The van der Waals surface area contributed by atoms with Crippen LogP contribution in [-0.4, -0.2) is 179 Å². The summed E-state index contributed by atoms with van der Waals surface area (Å²) in [5, 5.41) is 26.7. The Bertz CT molecular complexity index is 3430. The van der Waals surface area contributed by atoms with Gasteiger partial charge >= 0.3 is 10.2 Å². The summed E-state index contributed by atoms with van der Waals surface area (Å²) in [6, 6.07) is 17.3. The first-order chi connectivity index (χ1) is 39.1. The zero-order chi connectivity index (χ0) is 58.2. The van der Waals surface area contributed by atoms with Gasteiger partial charge in [-0.15, -0.1) is 11.3 Å². The third kappa shape index (κ3) is 12.9. The van der Waals surface area contributed by atoms with E-state index in [4.69, 9.17) is 0 Å². The maximum Gasteiger partial charge on any atom is 0.301 e. The zero-order valence-electron chi connectivity index (χ0n) is 46.1. The Morgan fingerprint density at radius 1 is 0.866 bits per heavy atom. The van der Waals surface area contributed by atoms with Gasteiger partial charge < -0.3 is 35.6 Å².